The van der Waals surface area contributed by atoms with Crippen LogP contribution in [0.4, 0.5) is 0 Å². The van der Waals surface area contributed by atoms with Crippen molar-refractivity contribution >= 4 is 17.9 Å². The van der Waals surface area contributed by atoms with Crippen molar-refractivity contribution in [3.8, 4) is 0 Å². The Bertz CT molecular complexity index is 1500. The summed E-state index contributed by atoms with van der Waals surface area (Å²) in [5.41, 5.74) is 0. The molecule has 0 aliphatic rings. The Morgan fingerprint density at radius 3 is 0.768 bits per heavy atom. The third kappa shape index (κ3) is 67.6. The van der Waals surface area contributed by atoms with Gasteiger partial charge in [-0.15, -0.1) is 0 Å². The summed E-state index contributed by atoms with van der Waals surface area (Å²) >= 11 is 0. The fourth-order valence-electron chi connectivity index (χ4n) is 10.6. The van der Waals surface area contributed by atoms with Crippen molar-refractivity contribution in [2.24, 2.45) is 0 Å². The largest absolute Gasteiger partial charge is 0.462 e. The zero-order valence-corrected chi connectivity index (χ0v) is 54.8. The summed E-state index contributed by atoms with van der Waals surface area (Å²) in [6.07, 6.45) is 92.1. The van der Waals surface area contributed by atoms with Gasteiger partial charge in [0.2, 0.25) is 0 Å². The van der Waals surface area contributed by atoms with Crippen LogP contribution in [0.3, 0.4) is 0 Å². The minimum atomic E-state index is -0.782. The lowest BCUT2D eigenvalue weighted by Crippen LogP contribution is -2.30. The van der Waals surface area contributed by atoms with E-state index >= 15 is 0 Å². The maximum atomic E-state index is 13.0. The molecule has 0 aliphatic carbocycles. The van der Waals surface area contributed by atoms with Gasteiger partial charge in [0.05, 0.1) is 0 Å². The van der Waals surface area contributed by atoms with Gasteiger partial charge in [0.25, 0.3) is 0 Å². The molecule has 82 heavy (non-hydrogen) atoms. The number of hydrogen-bond donors (Lipinski definition) is 0. The van der Waals surface area contributed by atoms with Gasteiger partial charge >= 0.3 is 17.9 Å². The van der Waals surface area contributed by atoms with Gasteiger partial charge in [-0.1, -0.05) is 338 Å². The molecule has 1 atom stereocenters. The summed E-state index contributed by atoms with van der Waals surface area (Å²) in [5.74, 6) is -0.865. The molecule has 0 aromatic carbocycles. The number of hydrogen-bond acceptors (Lipinski definition) is 6. The first-order valence-electron chi connectivity index (χ1n) is 35.9. The van der Waals surface area contributed by atoms with E-state index in [0.717, 1.165) is 96.3 Å². The summed E-state index contributed by atoms with van der Waals surface area (Å²) in [5, 5.41) is 0. The average Bonchev–Trinajstić information content (AvgIpc) is 3.47. The van der Waals surface area contributed by atoms with Crippen molar-refractivity contribution in [3.63, 3.8) is 0 Å². The Morgan fingerprint density at radius 2 is 0.476 bits per heavy atom. The highest BCUT2D eigenvalue weighted by atomic mass is 16.6. The summed E-state index contributed by atoms with van der Waals surface area (Å²) in [6, 6.07) is 0. The van der Waals surface area contributed by atoms with E-state index in [4.69, 9.17) is 14.2 Å². The molecule has 0 rings (SSSR count). The van der Waals surface area contributed by atoms with E-state index in [1.165, 1.54) is 238 Å². The van der Waals surface area contributed by atoms with E-state index in [1.54, 1.807) is 0 Å². The van der Waals surface area contributed by atoms with Crippen molar-refractivity contribution in [2.45, 2.75) is 380 Å². The van der Waals surface area contributed by atoms with Crippen LogP contribution in [0, 0.1) is 0 Å². The molecular weight excluding hydrogens is 1010 g/mol. The Kier molecular flexibility index (Phi) is 67.6. The molecule has 0 fully saturated rings. The maximum Gasteiger partial charge on any atom is 0.306 e. The highest BCUT2D eigenvalue weighted by Crippen LogP contribution is 2.18. The summed E-state index contributed by atoms with van der Waals surface area (Å²) in [7, 11) is 0. The van der Waals surface area contributed by atoms with Crippen LogP contribution >= 0.6 is 0 Å². The van der Waals surface area contributed by atoms with Gasteiger partial charge in [-0.05, 0) is 89.9 Å². The molecule has 0 spiro atoms. The molecule has 0 radical (unpaired) electrons. The molecule has 0 aliphatic heterocycles. The van der Waals surface area contributed by atoms with Crippen LogP contribution in [0.2, 0.25) is 0 Å². The quantitative estimate of drug-likeness (QED) is 0.0261. The van der Waals surface area contributed by atoms with Gasteiger partial charge in [-0.2, -0.15) is 0 Å². The van der Waals surface area contributed by atoms with Crippen molar-refractivity contribution < 1.29 is 28.6 Å². The van der Waals surface area contributed by atoms with E-state index in [-0.39, 0.29) is 31.1 Å². The molecule has 0 bridgehead atoms. The second-order valence-electron chi connectivity index (χ2n) is 24.1. The minimum Gasteiger partial charge on any atom is -0.462 e. The molecule has 0 saturated heterocycles. The lowest BCUT2D eigenvalue weighted by atomic mass is 10.0. The first-order chi connectivity index (χ1) is 40.5. The number of unbranched alkanes of at least 4 members (excludes halogenated alkanes) is 43. The molecule has 0 aromatic heterocycles. The monoisotopic (exact) mass is 1150 g/mol. The van der Waals surface area contributed by atoms with Crippen LogP contribution in [-0.4, -0.2) is 37.2 Å². The van der Waals surface area contributed by atoms with Gasteiger partial charge in [0.15, 0.2) is 6.10 Å². The van der Waals surface area contributed by atoms with Crippen LogP contribution in [0.5, 0.6) is 0 Å². The van der Waals surface area contributed by atoms with Gasteiger partial charge in [-0.3, -0.25) is 14.4 Å². The Morgan fingerprint density at radius 1 is 0.256 bits per heavy atom. The fourth-order valence-corrected chi connectivity index (χ4v) is 10.6. The minimum absolute atomic E-state index is 0.0757. The molecule has 476 valence electrons. The summed E-state index contributed by atoms with van der Waals surface area (Å²) in [4.78, 5) is 38.5. The number of rotatable bonds is 66. The lowest BCUT2D eigenvalue weighted by molar-refractivity contribution is -0.167. The van der Waals surface area contributed by atoms with Crippen molar-refractivity contribution in [2.75, 3.05) is 13.2 Å². The first kappa shape index (κ1) is 78.8. The molecular formula is C76H136O6. The fraction of sp³-hybridized carbons (Fsp3) is 0.803. The van der Waals surface area contributed by atoms with Crippen LogP contribution < -0.4 is 0 Å². The highest BCUT2D eigenvalue weighted by Gasteiger charge is 2.19. The molecule has 6 heteroatoms. The number of esters is 3. The van der Waals surface area contributed by atoms with Gasteiger partial charge in [0.1, 0.15) is 13.2 Å². The summed E-state index contributed by atoms with van der Waals surface area (Å²) in [6.45, 7) is 6.56. The van der Waals surface area contributed by atoms with E-state index in [2.05, 4.69) is 93.7 Å². The van der Waals surface area contributed by atoms with Crippen LogP contribution in [0.15, 0.2) is 72.9 Å². The van der Waals surface area contributed by atoms with Crippen LogP contribution in [0.25, 0.3) is 0 Å². The SMILES string of the molecule is CC/C=C\C/C=C\C/C=C\C/C=C\CCCCCCCCCCCCC(=O)OC(COC(=O)CCCCCCCCC/C=C\C/C=C\CCCCC)COC(=O)CCCCCCCCCCCCCCCCCCCCCCCCCC. The van der Waals surface area contributed by atoms with Crippen LogP contribution in [-0.2, 0) is 28.6 Å². The highest BCUT2D eigenvalue weighted by molar-refractivity contribution is 5.71. The van der Waals surface area contributed by atoms with Crippen molar-refractivity contribution in [3.05, 3.63) is 72.9 Å². The van der Waals surface area contributed by atoms with E-state index in [0.29, 0.717) is 19.3 Å². The zero-order chi connectivity index (χ0) is 59.2. The third-order valence-electron chi connectivity index (χ3n) is 15.9. The van der Waals surface area contributed by atoms with Crippen molar-refractivity contribution in [1.82, 2.24) is 0 Å². The molecule has 0 heterocycles. The molecule has 0 aromatic rings. The van der Waals surface area contributed by atoms with E-state index < -0.39 is 6.10 Å². The number of carbonyl (C=O) groups is 3. The normalized spacial score (nSPS) is 12.5. The molecule has 0 amide bonds. The van der Waals surface area contributed by atoms with Gasteiger partial charge < -0.3 is 14.2 Å². The van der Waals surface area contributed by atoms with E-state index in [9.17, 15) is 14.4 Å². The molecule has 0 saturated carbocycles. The average molecular weight is 1150 g/mol. The Hall–Kier alpha value is -3.15. The molecule has 0 N–H and O–H groups in total. The lowest BCUT2D eigenvalue weighted by Gasteiger charge is -2.18. The molecule has 1 unspecified atom stereocenters. The van der Waals surface area contributed by atoms with Crippen LogP contribution in [0.1, 0.15) is 374 Å². The van der Waals surface area contributed by atoms with E-state index in [1.807, 2.05) is 0 Å². The topological polar surface area (TPSA) is 78.9 Å². The van der Waals surface area contributed by atoms with Gasteiger partial charge in [0, 0.05) is 19.3 Å². The number of carbonyl (C=O) groups excluding carboxylic acids is 3. The van der Waals surface area contributed by atoms with Crippen molar-refractivity contribution in [1.29, 1.82) is 0 Å². The third-order valence-corrected chi connectivity index (χ3v) is 15.9. The zero-order valence-electron chi connectivity index (χ0n) is 54.8. The number of ether oxygens (including phenoxy) is 3. The molecule has 6 nitrogen and oxygen atoms in total. The maximum absolute atomic E-state index is 13.0. The smallest absolute Gasteiger partial charge is 0.306 e. The predicted molar refractivity (Wildman–Crippen MR) is 358 cm³/mol. The summed E-state index contributed by atoms with van der Waals surface area (Å²) < 4.78 is 17.0. The second kappa shape index (κ2) is 70.3. The number of allylic oxidation sites excluding steroid dienone is 12. The Labute approximate surface area is 510 Å². The van der Waals surface area contributed by atoms with Gasteiger partial charge in [-0.25, -0.2) is 0 Å². The second-order valence-corrected chi connectivity index (χ2v) is 24.1. The first-order valence-corrected chi connectivity index (χ1v) is 35.9. The predicted octanol–water partition coefficient (Wildman–Crippen LogP) is 24.8. The Balaban J connectivity index is 4.33. The standard InChI is InChI=1S/C76H136O6/c1-4-7-10-13-16-19-22-25-28-31-33-35-37-39-40-42-45-48-51-54-57-60-63-66-69-75(78)81-72-73(71-80-74(77)68-65-62-59-56-53-50-47-44-30-27-24-21-18-15-12-9-6-3)82-76(79)70-67-64-61-58-55-52-49-46-43-41-38-36-34-32-29-26-23-20-17-14-11-8-5-2/h8,11,17-18,20-21,26-27,29-30,34,36,73H,4-7,9-10,12-16,19,22-25,28,31-33,35,37-72H2,1-3H3/b11-8-,20-17-,21-18-,29-26-,30-27-,36-34-.